The molecule has 0 radical (unpaired) electrons. The van der Waals surface area contributed by atoms with Gasteiger partial charge < -0.3 is 5.32 Å². The fraction of sp³-hybridized carbons (Fsp3) is 0.120. The van der Waals surface area contributed by atoms with Crippen LogP contribution in [0.25, 0.3) is 6.08 Å². The first-order valence-corrected chi connectivity index (χ1v) is 12.1. The van der Waals surface area contributed by atoms with Crippen LogP contribution in [0.1, 0.15) is 22.3 Å². The summed E-state index contributed by atoms with van der Waals surface area (Å²) in [5.41, 5.74) is 5.02. The van der Waals surface area contributed by atoms with E-state index < -0.39 is 10.0 Å². The van der Waals surface area contributed by atoms with Crippen LogP contribution in [-0.4, -0.2) is 19.4 Å². The van der Waals surface area contributed by atoms with Crippen molar-refractivity contribution in [2.45, 2.75) is 25.7 Å². The van der Waals surface area contributed by atoms with E-state index in [9.17, 15) is 13.2 Å². The monoisotopic (exact) mass is 479 g/mol. The van der Waals surface area contributed by atoms with Gasteiger partial charge in [0, 0.05) is 11.8 Å². The summed E-state index contributed by atoms with van der Waals surface area (Å²) in [4.78, 5) is 12.2. The lowest BCUT2D eigenvalue weighted by Crippen LogP contribution is -2.32. The number of aryl methyl sites for hydroxylation is 3. The summed E-state index contributed by atoms with van der Waals surface area (Å²) in [6, 6.07) is 19.4. The summed E-state index contributed by atoms with van der Waals surface area (Å²) in [6.07, 6.45) is 3.09. The third-order valence-electron chi connectivity index (χ3n) is 4.79. The second-order valence-corrected chi connectivity index (χ2v) is 9.73. The van der Waals surface area contributed by atoms with Crippen LogP contribution in [0, 0.1) is 20.8 Å². The van der Waals surface area contributed by atoms with Gasteiger partial charge in [0.25, 0.3) is 10.0 Å². The fourth-order valence-electron chi connectivity index (χ4n) is 3.01. The number of thiocarbonyl (C=S) groups is 1. The van der Waals surface area contributed by atoms with Gasteiger partial charge in [0.2, 0.25) is 5.91 Å². The van der Waals surface area contributed by atoms with Crippen LogP contribution in [0.3, 0.4) is 0 Å². The lowest BCUT2D eigenvalue weighted by Gasteiger charge is -2.12. The molecule has 0 aromatic heterocycles. The Kier molecular flexibility index (Phi) is 7.63. The average molecular weight is 480 g/mol. The van der Waals surface area contributed by atoms with Crippen molar-refractivity contribution in [1.82, 2.24) is 5.32 Å². The smallest absolute Gasteiger partial charge is 0.261 e. The number of carbonyl (C=O) groups excluding carboxylic acids is 1. The minimum absolute atomic E-state index is 0.109. The van der Waals surface area contributed by atoms with Gasteiger partial charge in [-0.15, -0.1) is 0 Å². The molecule has 0 bridgehead atoms. The lowest BCUT2D eigenvalue weighted by molar-refractivity contribution is -0.115. The highest BCUT2D eigenvalue weighted by Gasteiger charge is 2.15. The summed E-state index contributed by atoms with van der Waals surface area (Å²) >= 11 is 5.17. The molecule has 0 saturated heterocycles. The predicted molar refractivity (Wildman–Crippen MR) is 138 cm³/mol. The minimum atomic E-state index is -3.74. The molecule has 170 valence electrons. The number of amides is 1. The first-order chi connectivity index (χ1) is 15.6. The number of anilines is 2. The minimum Gasteiger partial charge on any atom is -0.332 e. The number of benzene rings is 3. The zero-order chi connectivity index (χ0) is 24.0. The van der Waals surface area contributed by atoms with E-state index in [0.29, 0.717) is 11.4 Å². The molecule has 6 nitrogen and oxygen atoms in total. The molecule has 0 fully saturated rings. The summed E-state index contributed by atoms with van der Waals surface area (Å²) in [7, 11) is -3.74. The molecular formula is C25H25N3O3S2. The number of carbonyl (C=O) groups is 1. The SMILES string of the molecule is Cc1ccc(/C=C/C(=O)NC(=S)Nc2ccc(S(=O)(=O)Nc3ccc(C)cc3C)cc2)cc1. The van der Waals surface area contributed by atoms with Crippen molar-refractivity contribution < 1.29 is 13.2 Å². The summed E-state index contributed by atoms with van der Waals surface area (Å²) in [5, 5.41) is 5.54. The molecule has 0 spiro atoms. The van der Waals surface area contributed by atoms with E-state index in [1.807, 2.05) is 57.2 Å². The summed E-state index contributed by atoms with van der Waals surface area (Å²) < 4.78 is 28.0. The fourth-order valence-corrected chi connectivity index (χ4v) is 4.36. The normalized spacial score (nSPS) is 11.2. The van der Waals surface area contributed by atoms with Crippen LogP contribution < -0.4 is 15.4 Å². The molecule has 3 aromatic rings. The zero-order valence-electron chi connectivity index (χ0n) is 18.5. The van der Waals surface area contributed by atoms with Gasteiger partial charge in [0.15, 0.2) is 5.11 Å². The Labute approximate surface area is 199 Å². The van der Waals surface area contributed by atoms with Crippen LogP contribution in [-0.2, 0) is 14.8 Å². The van der Waals surface area contributed by atoms with E-state index in [1.54, 1.807) is 24.3 Å². The Balaban J connectivity index is 1.58. The standard InChI is InChI=1S/C25H25N3O3S2/c1-17-4-7-20(8-5-17)9-15-24(29)27-25(32)26-21-10-12-22(13-11-21)33(30,31)28-23-14-6-18(2)16-19(23)3/h4-16,28H,1-3H3,(H2,26,27,29,32)/b15-9+. The van der Waals surface area contributed by atoms with E-state index in [1.165, 1.54) is 18.2 Å². The second-order valence-electron chi connectivity index (χ2n) is 7.64. The Morgan fingerprint density at radius 2 is 1.52 bits per heavy atom. The van der Waals surface area contributed by atoms with Gasteiger partial charge in [0.05, 0.1) is 10.6 Å². The molecule has 3 aromatic carbocycles. The Hall–Kier alpha value is -3.49. The zero-order valence-corrected chi connectivity index (χ0v) is 20.2. The molecule has 0 aliphatic rings. The van der Waals surface area contributed by atoms with Gasteiger partial charge in [-0.25, -0.2) is 8.42 Å². The van der Waals surface area contributed by atoms with Gasteiger partial charge in [-0.1, -0.05) is 47.5 Å². The first-order valence-electron chi connectivity index (χ1n) is 10.2. The quantitative estimate of drug-likeness (QED) is 0.344. The van der Waals surface area contributed by atoms with Crippen LogP contribution in [0.2, 0.25) is 0 Å². The molecule has 3 rings (SSSR count). The maximum Gasteiger partial charge on any atom is 0.261 e. The topological polar surface area (TPSA) is 87.3 Å². The maximum atomic E-state index is 12.7. The van der Waals surface area contributed by atoms with Crippen molar-refractivity contribution in [3.05, 3.63) is 95.1 Å². The highest BCUT2D eigenvalue weighted by molar-refractivity contribution is 7.92. The van der Waals surface area contributed by atoms with Crippen LogP contribution >= 0.6 is 12.2 Å². The Morgan fingerprint density at radius 3 is 2.15 bits per heavy atom. The maximum absolute atomic E-state index is 12.7. The van der Waals surface area contributed by atoms with Crippen molar-refractivity contribution >= 4 is 50.7 Å². The highest BCUT2D eigenvalue weighted by Crippen LogP contribution is 2.21. The van der Waals surface area contributed by atoms with Crippen LogP contribution in [0.15, 0.2) is 77.7 Å². The number of rotatable bonds is 6. The number of sulfonamides is 1. The molecule has 0 saturated carbocycles. The van der Waals surface area contributed by atoms with E-state index in [4.69, 9.17) is 12.2 Å². The molecule has 0 aliphatic heterocycles. The summed E-state index contributed by atoms with van der Waals surface area (Å²) in [5.74, 6) is -0.370. The summed E-state index contributed by atoms with van der Waals surface area (Å²) in [6.45, 7) is 5.79. The molecule has 0 aliphatic carbocycles. The molecule has 8 heteroatoms. The van der Waals surface area contributed by atoms with Crippen molar-refractivity contribution in [3.63, 3.8) is 0 Å². The third-order valence-corrected chi connectivity index (χ3v) is 6.38. The van der Waals surface area contributed by atoms with Gasteiger partial charge in [-0.2, -0.15) is 0 Å². The van der Waals surface area contributed by atoms with E-state index in [-0.39, 0.29) is 15.9 Å². The van der Waals surface area contributed by atoms with Crippen molar-refractivity contribution in [2.75, 3.05) is 10.0 Å². The highest BCUT2D eigenvalue weighted by atomic mass is 32.2. The first kappa shape index (κ1) is 24.2. The van der Waals surface area contributed by atoms with Crippen molar-refractivity contribution in [2.24, 2.45) is 0 Å². The van der Waals surface area contributed by atoms with E-state index >= 15 is 0 Å². The molecule has 0 atom stereocenters. The predicted octanol–water partition coefficient (Wildman–Crippen LogP) is 4.94. The molecule has 1 amide bonds. The lowest BCUT2D eigenvalue weighted by atomic mass is 10.1. The molecule has 0 unspecified atom stereocenters. The Morgan fingerprint density at radius 1 is 0.879 bits per heavy atom. The molecular weight excluding hydrogens is 454 g/mol. The average Bonchev–Trinajstić information content (AvgIpc) is 2.75. The van der Waals surface area contributed by atoms with Crippen LogP contribution in [0.4, 0.5) is 11.4 Å². The number of hydrogen-bond acceptors (Lipinski definition) is 4. The van der Waals surface area contributed by atoms with Crippen molar-refractivity contribution in [1.29, 1.82) is 0 Å². The third kappa shape index (κ3) is 7.00. The van der Waals surface area contributed by atoms with Gasteiger partial charge in [0.1, 0.15) is 0 Å². The van der Waals surface area contributed by atoms with Gasteiger partial charge in [-0.05, 0) is 80.5 Å². The molecule has 3 N–H and O–H groups in total. The molecule has 33 heavy (non-hydrogen) atoms. The Bertz CT molecular complexity index is 1300. The second kappa shape index (κ2) is 10.4. The van der Waals surface area contributed by atoms with Crippen molar-refractivity contribution in [3.8, 4) is 0 Å². The number of nitrogens with one attached hydrogen (secondary N) is 3. The van der Waals surface area contributed by atoms with Gasteiger partial charge >= 0.3 is 0 Å². The molecule has 0 heterocycles. The van der Waals surface area contributed by atoms with Crippen LogP contribution in [0.5, 0.6) is 0 Å². The van der Waals surface area contributed by atoms with Gasteiger partial charge in [-0.3, -0.25) is 14.8 Å². The number of hydrogen-bond donors (Lipinski definition) is 3. The van der Waals surface area contributed by atoms with E-state index in [2.05, 4.69) is 15.4 Å². The van der Waals surface area contributed by atoms with E-state index in [0.717, 1.165) is 22.3 Å². The largest absolute Gasteiger partial charge is 0.332 e.